The van der Waals surface area contributed by atoms with E-state index in [9.17, 15) is 22.4 Å². The number of carbonyl (C=O) groups is 1. The first-order chi connectivity index (χ1) is 17.7. The molecule has 2 N–H and O–H groups in total. The molecule has 1 unspecified atom stereocenters. The molecule has 9 nitrogen and oxygen atoms in total. The van der Waals surface area contributed by atoms with E-state index in [-0.39, 0.29) is 18.1 Å². The molecule has 198 valence electrons. The van der Waals surface area contributed by atoms with Gasteiger partial charge in [0, 0.05) is 25.1 Å². The van der Waals surface area contributed by atoms with Crippen LogP contribution in [0.3, 0.4) is 0 Å². The third-order valence-corrected chi connectivity index (χ3v) is 6.59. The maximum atomic E-state index is 12.9. The van der Waals surface area contributed by atoms with Crippen molar-refractivity contribution in [3.8, 4) is 5.88 Å². The van der Waals surface area contributed by atoms with Crippen LogP contribution in [-0.2, 0) is 6.18 Å². The molecule has 3 aromatic rings. The Bertz CT molecular complexity index is 1190. The Balaban J connectivity index is 1.34. The lowest BCUT2D eigenvalue weighted by Crippen LogP contribution is -2.38. The molecular weight excluding hydrogens is 514 g/mol. The van der Waals surface area contributed by atoms with Gasteiger partial charge in [0.25, 0.3) is 5.91 Å². The normalized spacial score (nSPS) is 16.4. The van der Waals surface area contributed by atoms with Crippen LogP contribution in [0.1, 0.15) is 34.6 Å². The van der Waals surface area contributed by atoms with E-state index >= 15 is 0 Å². The van der Waals surface area contributed by atoms with Crippen molar-refractivity contribution in [1.82, 2.24) is 24.2 Å². The number of carbonyl (C=O) groups excluding carboxylic acids is 1. The Hall–Kier alpha value is -3.39. The van der Waals surface area contributed by atoms with E-state index in [2.05, 4.69) is 34.9 Å². The minimum absolute atomic E-state index is 0.0413. The molecule has 0 bridgehead atoms. The topological polar surface area (TPSA) is 105 Å². The average molecular weight is 540 g/mol. The van der Waals surface area contributed by atoms with E-state index in [1.165, 1.54) is 6.20 Å². The van der Waals surface area contributed by atoms with Crippen LogP contribution in [0.4, 0.5) is 34.1 Å². The number of aromatic nitrogens is 4. The second-order valence-electron chi connectivity index (χ2n) is 8.53. The van der Waals surface area contributed by atoms with E-state index in [0.717, 1.165) is 43.7 Å². The fraction of sp³-hybridized carbons (Fsp3) is 0.435. The van der Waals surface area contributed by atoms with Gasteiger partial charge in [-0.1, -0.05) is 0 Å². The summed E-state index contributed by atoms with van der Waals surface area (Å²) in [5, 5.41) is 5.85. The van der Waals surface area contributed by atoms with Crippen molar-refractivity contribution in [3.05, 3.63) is 47.7 Å². The maximum Gasteiger partial charge on any atom is 0.434 e. The number of hydrogen-bond donors (Lipinski definition) is 2. The van der Waals surface area contributed by atoms with Crippen molar-refractivity contribution in [2.75, 3.05) is 43.5 Å². The minimum Gasteiger partial charge on any atom is -0.477 e. The zero-order valence-corrected chi connectivity index (χ0v) is 20.7. The molecule has 1 fully saturated rings. The SMILES string of the molecule is Cc1nsc(Nc2cnc(C(F)(F)F)cn2)c1C(=O)Nc1ccc(OCC2CCCN(CCF)C2)nc1. The second kappa shape index (κ2) is 11.8. The summed E-state index contributed by atoms with van der Waals surface area (Å²) in [6.07, 6.45) is 0.436. The number of ether oxygens (including phenoxy) is 1. The number of aryl methyl sites for hydroxylation is 1. The van der Waals surface area contributed by atoms with Crippen molar-refractivity contribution >= 4 is 33.9 Å². The van der Waals surface area contributed by atoms with E-state index in [0.29, 0.717) is 47.5 Å². The molecule has 0 aromatic carbocycles. The second-order valence-corrected chi connectivity index (χ2v) is 9.30. The summed E-state index contributed by atoms with van der Waals surface area (Å²) in [7, 11) is 0. The van der Waals surface area contributed by atoms with Gasteiger partial charge in [-0.15, -0.1) is 0 Å². The quantitative estimate of drug-likeness (QED) is 0.377. The summed E-state index contributed by atoms with van der Waals surface area (Å²) in [4.78, 5) is 26.3. The summed E-state index contributed by atoms with van der Waals surface area (Å²) in [6, 6.07) is 3.30. The lowest BCUT2D eigenvalue weighted by atomic mass is 9.99. The van der Waals surface area contributed by atoms with Gasteiger partial charge in [-0.05, 0) is 43.9 Å². The number of nitrogens with one attached hydrogen (secondary N) is 2. The molecule has 3 aromatic heterocycles. The summed E-state index contributed by atoms with van der Waals surface area (Å²) >= 11 is 0.973. The third-order valence-electron chi connectivity index (χ3n) is 5.74. The van der Waals surface area contributed by atoms with Gasteiger partial charge in [0.05, 0.1) is 42.1 Å². The molecule has 14 heteroatoms. The first kappa shape index (κ1) is 26.7. The molecule has 0 saturated carbocycles. The number of likely N-dealkylation sites (tertiary alicyclic amines) is 1. The number of alkyl halides is 4. The van der Waals surface area contributed by atoms with Crippen molar-refractivity contribution in [2.24, 2.45) is 5.92 Å². The predicted octanol–water partition coefficient (Wildman–Crippen LogP) is 4.71. The Kier molecular flexibility index (Phi) is 8.48. The highest BCUT2D eigenvalue weighted by molar-refractivity contribution is 7.10. The van der Waals surface area contributed by atoms with Crippen molar-refractivity contribution in [1.29, 1.82) is 0 Å². The molecule has 1 amide bonds. The fourth-order valence-corrected chi connectivity index (χ4v) is 4.73. The Labute approximate surface area is 214 Å². The van der Waals surface area contributed by atoms with Gasteiger partial charge in [0.1, 0.15) is 17.5 Å². The van der Waals surface area contributed by atoms with Crippen LogP contribution in [0.2, 0.25) is 0 Å². The molecule has 0 radical (unpaired) electrons. The zero-order valence-electron chi connectivity index (χ0n) is 19.9. The highest BCUT2D eigenvalue weighted by atomic mass is 32.1. The number of halogens is 4. The standard InChI is InChI=1S/C23H25F4N7O2S/c1-14-20(22(37-33-14)32-18-11-28-17(10-29-18)23(25,26)27)21(35)31-16-4-5-19(30-9-16)36-13-15-3-2-7-34(12-15)8-6-24/h4-5,9-11,15H,2-3,6-8,12-13H2,1H3,(H,29,32)(H,31,35). The monoisotopic (exact) mass is 539 g/mol. The molecule has 1 aliphatic heterocycles. The maximum absolute atomic E-state index is 12.9. The first-order valence-corrected chi connectivity index (χ1v) is 12.3. The molecule has 1 aliphatic rings. The Morgan fingerprint density at radius 2 is 2.05 bits per heavy atom. The van der Waals surface area contributed by atoms with E-state index in [1.807, 2.05) is 0 Å². The van der Waals surface area contributed by atoms with Crippen molar-refractivity contribution < 1.29 is 27.1 Å². The van der Waals surface area contributed by atoms with Gasteiger partial charge >= 0.3 is 6.18 Å². The van der Waals surface area contributed by atoms with Crippen LogP contribution in [0.5, 0.6) is 5.88 Å². The molecule has 0 aliphatic carbocycles. The van der Waals surface area contributed by atoms with Crippen LogP contribution in [0.25, 0.3) is 0 Å². The molecule has 37 heavy (non-hydrogen) atoms. The number of nitrogens with zero attached hydrogens (tertiary/aromatic N) is 5. The Morgan fingerprint density at radius 3 is 2.73 bits per heavy atom. The zero-order chi connectivity index (χ0) is 26.4. The fourth-order valence-electron chi connectivity index (χ4n) is 3.92. The summed E-state index contributed by atoms with van der Waals surface area (Å²) in [6.45, 7) is 3.90. The van der Waals surface area contributed by atoms with Crippen molar-refractivity contribution in [2.45, 2.75) is 25.9 Å². The van der Waals surface area contributed by atoms with Gasteiger partial charge in [-0.3, -0.25) is 4.79 Å². The lowest BCUT2D eigenvalue weighted by Gasteiger charge is -2.31. The first-order valence-electron chi connectivity index (χ1n) is 11.5. The molecule has 1 saturated heterocycles. The van der Waals surface area contributed by atoms with Crippen LogP contribution in [0, 0.1) is 12.8 Å². The van der Waals surface area contributed by atoms with Gasteiger partial charge in [0.15, 0.2) is 5.69 Å². The van der Waals surface area contributed by atoms with Crippen LogP contribution >= 0.6 is 11.5 Å². The van der Waals surface area contributed by atoms with E-state index < -0.39 is 17.8 Å². The van der Waals surface area contributed by atoms with Gasteiger partial charge < -0.3 is 20.3 Å². The molecular formula is C23H25F4N7O2S. The molecule has 1 atom stereocenters. The molecule has 0 spiro atoms. The summed E-state index contributed by atoms with van der Waals surface area (Å²) in [5.74, 6) is 0.284. The Morgan fingerprint density at radius 1 is 1.22 bits per heavy atom. The van der Waals surface area contributed by atoms with E-state index in [4.69, 9.17) is 4.74 Å². The predicted molar refractivity (Wildman–Crippen MR) is 130 cm³/mol. The summed E-state index contributed by atoms with van der Waals surface area (Å²) < 4.78 is 60.7. The largest absolute Gasteiger partial charge is 0.477 e. The highest BCUT2D eigenvalue weighted by Gasteiger charge is 2.33. The van der Waals surface area contributed by atoms with E-state index in [1.54, 1.807) is 19.1 Å². The van der Waals surface area contributed by atoms with Gasteiger partial charge in [0.2, 0.25) is 5.88 Å². The van der Waals surface area contributed by atoms with Gasteiger partial charge in [-0.25, -0.2) is 19.3 Å². The number of anilines is 3. The van der Waals surface area contributed by atoms with Crippen LogP contribution < -0.4 is 15.4 Å². The van der Waals surface area contributed by atoms with Gasteiger partial charge in [-0.2, -0.15) is 17.5 Å². The number of rotatable bonds is 9. The third kappa shape index (κ3) is 7.10. The smallest absolute Gasteiger partial charge is 0.434 e. The average Bonchev–Trinajstić information content (AvgIpc) is 3.23. The van der Waals surface area contributed by atoms with Crippen LogP contribution in [0.15, 0.2) is 30.7 Å². The molecule has 4 heterocycles. The number of amides is 1. The summed E-state index contributed by atoms with van der Waals surface area (Å²) in [5.41, 5.74) is -0.0295. The van der Waals surface area contributed by atoms with Crippen molar-refractivity contribution in [3.63, 3.8) is 0 Å². The number of hydrogen-bond acceptors (Lipinski definition) is 9. The van der Waals surface area contributed by atoms with Crippen LogP contribution in [-0.4, -0.2) is 63.0 Å². The minimum atomic E-state index is -4.60. The highest BCUT2D eigenvalue weighted by Crippen LogP contribution is 2.30. The molecule has 4 rings (SSSR count). The lowest BCUT2D eigenvalue weighted by molar-refractivity contribution is -0.141. The number of pyridine rings is 1. The number of piperidine rings is 1.